The maximum Gasteiger partial charge on any atom is 0.264 e. The second kappa shape index (κ2) is 6.38. The highest BCUT2D eigenvalue weighted by Gasteiger charge is 2.24. The third-order valence-corrected chi connectivity index (χ3v) is 4.77. The van der Waals surface area contributed by atoms with E-state index in [0.717, 1.165) is 11.1 Å². The first-order valence-corrected chi connectivity index (χ1v) is 8.69. The number of fused-ring (bicyclic) bond motifs is 1. The number of hydrogen-bond donors (Lipinski definition) is 1. The largest absolute Gasteiger partial charge is 0.441 e. The van der Waals surface area contributed by atoms with Gasteiger partial charge in [-0.15, -0.1) is 0 Å². The van der Waals surface area contributed by atoms with Gasteiger partial charge >= 0.3 is 0 Å². The Hall–Kier alpha value is -2.57. The number of carbonyl (C=O) groups excluding carboxylic acids is 1. The number of nitrogens with zero attached hydrogens (tertiary/aromatic N) is 2. The van der Waals surface area contributed by atoms with Crippen molar-refractivity contribution in [3.8, 4) is 0 Å². The van der Waals surface area contributed by atoms with Gasteiger partial charge in [0.2, 0.25) is 0 Å². The number of hydrogen-bond acceptors (Lipinski definition) is 5. The fraction of sp³-hybridized carbons (Fsp3) is 0.0556. The van der Waals surface area contributed by atoms with Crippen LogP contribution in [0.4, 0.5) is 5.69 Å². The third-order valence-electron chi connectivity index (χ3n) is 3.54. The van der Waals surface area contributed by atoms with Crippen molar-refractivity contribution in [3.63, 3.8) is 0 Å². The molecule has 5 nitrogen and oxygen atoms in total. The van der Waals surface area contributed by atoms with Crippen LogP contribution in [0.5, 0.6) is 0 Å². The zero-order chi connectivity index (χ0) is 17.4. The SMILES string of the molecule is Cc1nc2ccc(/C=C3\SC(=Nc4ccccc4Cl)NC3=O)cc2o1. The van der Waals surface area contributed by atoms with Gasteiger partial charge in [-0.1, -0.05) is 29.8 Å². The zero-order valence-corrected chi connectivity index (χ0v) is 14.7. The number of aliphatic imine (C=N–C) groups is 1. The van der Waals surface area contributed by atoms with Gasteiger partial charge in [0.05, 0.1) is 15.6 Å². The van der Waals surface area contributed by atoms with Crippen LogP contribution >= 0.6 is 23.4 Å². The van der Waals surface area contributed by atoms with Crippen molar-refractivity contribution in [2.75, 3.05) is 0 Å². The van der Waals surface area contributed by atoms with E-state index in [1.54, 1.807) is 25.1 Å². The molecule has 1 aliphatic heterocycles. The van der Waals surface area contributed by atoms with Crippen molar-refractivity contribution in [2.24, 2.45) is 4.99 Å². The number of oxazole rings is 1. The molecule has 0 atom stereocenters. The van der Waals surface area contributed by atoms with Crippen molar-refractivity contribution in [2.45, 2.75) is 6.92 Å². The van der Waals surface area contributed by atoms with Gasteiger partial charge in [0.1, 0.15) is 5.52 Å². The van der Waals surface area contributed by atoms with Crippen LogP contribution in [-0.2, 0) is 4.79 Å². The lowest BCUT2D eigenvalue weighted by Crippen LogP contribution is -2.19. The second-order valence-electron chi connectivity index (χ2n) is 5.39. The topological polar surface area (TPSA) is 67.5 Å². The first kappa shape index (κ1) is 15.9. The smallest absolute Gasteiger partial charge is 0.264 e. The second-order valence-corrected chi connectivity index (χ2v) is 6.83. The molecule has 1 saturated heterocycles. The van der Waals surface area contributed by atoms with Gasteiger partial charge < -0.3 is 9.73 Å². The summed E-state index contributed by atoms with van der Waals surface area (Å²) in [5, 5.41) is 3.79. The van der Waals surface area contributed by atoms with Crippen molar-refractivity contribution in [1.82, 2.24) is 10.3 Å². The molecule has 1 amide bonds. The predicted octanol–water partition coefficient (Wildman–Crippen LogP) is 4.68. The molecule has 2 heterocycles. The lowest BCUT2D eigenvalue weighted by Gasteiger charge is -1.98. The molecule has 0 spiro atoms. The Kier molecular flexibility index (Phi) is 4.07. The summed E-state index contributed by atoms with van der Waals surface area (Å²) < 4.78 is 5.53. The third kappa shape index (κ3) is 3.31. The molecule has 3 aromatic rings. The number of nitrogens with one attached hydrogen (secondary N) is 1. The summed E-state index contributed by atoms with van der Waals surface area (Å²) >= 11 is 7.38. The molecule has 124 valence electrons. The van der Waals surface area contributed by atoms with E-state index in [2.05, 4.69) is 15.3 Å². The molecule has 0 saturated carbocycles. The summed E-state index contributed by atoms with van der Waals surface area (Å²) in [5.74, 6) is 0.423. The fourth-order valence-corrected chi connectivity index (χ4v) is 3.44. The molecular weight excluding hydrogens is 358 g/mol. The van der Waals surface area contributed by atoms with Crippen LogP contribution in [0.25, 0.3) is 17.2 Å². The maximum absolute atomic E-state index is 12.2. The Morgan fingerprint density at radius 2 is 2.12 bits per heavy atom. The molecule has 1 aromatic heterocycles. The minimum absolute atomic E-state index is 0.190. The van der Waals surface area contributed by atoms with Crippen LogP contribution in [0.2, 0.25) is 5.02 Å². The number of rotatable bonds is 2. The lowest BCUT2D eigenvalue weighted by atomic mass is 10.2. The molecular formula is C18H12ClN3O2S. The maximum atomic E-state index is 12.2. The molecule has 1 fully saturated rings. The van der Waals surface area contributed by atoms with E-state index in [1.165, 1.54) is 11.8 Å². The number of para-hydroxylation sites is 1. The molecule has 0 unspecified atom stereocenters. The average Bonchev–Trinajstić information content (AvgIpc) is 3.11. The van der Waals surface area contributed by atoms with Crippen molar-refractivity contribution in [3.05, 3.63) is 63.8 Å². The number of amidine groups is 1. The van der Waals surface area contributed by atoms with Crippen LogP contribution in [0.3, 0.4) is 0 Å². The van der Waals surface area contributed by atoms with Gasteiger partial charge in [0.15, 0.2) is 16.6 Å². The highest BCUT2D eigenvalue weighted by atomic mass is 35.5. The number of thioether (sulfide) groups is 1. The van der Waals surface area contributed by atoms with Crippen LogP contribution in [0.15, 0.2) is 56.8 Å². The molecule has 4 rings (SSSR count). The molecule has 0 bridgehead atoms. The standard InChI is InChI=1S/C18H12ClN3O2S/c1-10-20-14-7-6-11(8-15(14)24-10)9-16-17(23)22-18(25-16)21-13-5-3-2-4-12(13)19/h2-9H,1H3,(H,21,22,23)/b16-9-. The van der Waals surface area contributed by atoms with Gasteiger partial charge in [0.25, 0.3) is 5.91 Å². The van der Waals surface area contributed by atoms with E-state index in [4.69, 9.17) is 16.0 Å². The molecule has 0 aliphatic carbocycles. The fourth-order valence-electron chi connectivity index (χ4n) is 2.43. The minimum atomic E-state index is -0.190. The van der Waals surface area contributed by atoms with Gasteiger partial charge in [-0.05, 0) is 47.7 Å². The monoisotopic (exact) mass is 369 g/mol. The van der Waals surface area contributed by atoms with Crippen molar-refractivity contribution >= 4 is 57.3 Å². The summed E-state index contributed by atoms with van der Waals surface area (Å²) in [6, 6.07) is 12.9. The molecule has 7 heteroatoms. The van der Waals surface area contributed by atoms with E-state index in [-0.39, 0.29) is 5.91 Å². The van der Waals surface area contributed by atoms with Gasteiger partial charge in [-0.3, -0.25) is 4.79 Å². The molecule has 2 aromatic carbocycles. The number of carbonyl (C=O) groups is 1. The van der Waals surface area contributed by atoms with E-state index >= 15 is 0 Å². The summed E-state index contributed by atoms with van der Waals surface area (Å²) in [6.45, 7) is 1.80. The van der Waals surface area contributed by atoms with Crippen molar-refractivity contribution < 1.29 is 9.21 Å². The van der Waals surface area contributed by atoms with Crippen LogP contribution in [0.1, 0.15) is 11.5 Å². The van der Waals surface area contributed by atoms with E-state index in [9.17, 15) is 4.79 Å². The van der Waals surface area contributed by atoms with Gasteiger partial charge in [-0.2, -0.15) is 0 Å². The Balaban J connectivity index is 1.63. The van der Waals surface area contributed by atoms with Crippen LogP contribution in [0, 0.1) is 6.92 Å². The van der Waals surface area contributed by atoms with Crippen LogP contribution < -0.4 is 5.32 Å². The van der Waals surface area contributed by atoms with E-state index < -0.39 is 0 Å². The first-order valence-electron chi connectivity index (χ1n) is 7.50. The number of halogens is 1. The van der Waals surface area contributed by atoms with Crippen molar-refractivity contribution in [1.29, 1.82) is 0 Å². The average molecular weight is 370 g/mol. The lowest BCUT2D eigenvalue weighted by molar-refractivity contribution is -0.115. The van der Waals surface area contributed by atoms with Gasteiger partial charge in [-0.25, -0.2) is 9.98 Å². The van der Waals surface area contributed by atoms with E-state index in [1.807, 2.05) is 30.3 Å². The number of aryl methyl sites for hydroxylation is 1. The highest BCUT2D eigenvalue weighted by molar-refractivity contribution is 8.18. The Labute approximate surface area is 152 Å². The highest BCUT2D eigenvalue weighted by Crippen LogP contribution is 2.31. The predicted molar refractivity (Wildman–Crippen MR) is 101 cm³/mol. The number of benzene rings is 2. The molecule has 1 aliphatic rings. The zero-order valence-electron chi connectivity index (χ0n) is 13.1. The van der Waals surface area contributed by atoms with Crippen LogP contribution in [-0.4, -0.2) is 16.1 Å². The minimum Gasteiger partial charge on any atom is -0.441 e. The molecule has 0 radical (unpaired) electrons. The normalized spacial score (nSPS) is 17.6. The first-order chi connectivity index (χ1) is 12.1. The number of amides is 1. The Bertz CT molecular complexity index is 1060. The van der Waals surface area contributed by atoms with Gasteiger partial charge in [0, 0.05) is 6.92 Å². The Morgan fingerprint density at radius 3 is 2.96 bits per heavy atom. The summed E-state index contributed by atoms with van der Waals surface area (Å²) in [6.07, 6.45) is 1.80. The summed E-state index contributed by atoms with van der Waals surface area (Å²) in [7, 11) is 0. The molecule has 1 N–H and O–H groups in total. The quantitative estimate of drug-likeness (QED) is 0.666. The summed E-state index contributed by atoms with van der Waals surface area (Å²) in [4.78, 5) is 21.4. The van der Waals surface area contributed by atoms with E-state index in [0.29, 0.717) is 32.3 Å². The summed E-state index contributed by atoms with van der Waals surface area (Å²) in [5.41, 5.74) is 2.97. The molecule has 25 heavy (non-hydrogen) atoms. The number of aromatic nitrogens is 1. The Morgan fingerprint density at radius 1 is 1.28 bits per heavy atom.